The molecule has 1 aliphatic rings. The first kappa shape index (κ1) is 12.9. The van der Waals surface area contributed by atoms with Crippen LogP contribution in [0.4, 0.5) is 0 Å². The first-order chi connectivity index (χ1) is 9.56. The highest BCUT2D eigenvalue weighted by Gasteiger charge is 2.31. The largest absolute Gasteiger partial charge is 0.381 e. The second-order valence-electron chi connectivity index (χ2n) is 4.67. The molecule has 1 aliphatic carbocycles. The third kappa shape index (κ3) is 2.34. The van der Waals surface area contributed by atoms with E-state index < -0.39 is 11.7 Å². The van der Waals surface area contributed by atoms with E-state index in [1.165, 1.54) is 6.92 Å². The molecule has 0 bridgehead atoms. The van der Waals surface area contributed by atoms with Gasteiger partial charge in [-0.05, 0) is 29.8 Å². The van der Waals surface area contributed by atoms with Crippen LogP contribution in [0.3, 0.4) is 0 Å². The van der Waals surface area contributed by atoms with Gasteiger partial charge in [0, 0.05) is 23.6 Å². The van der Waals surface area contributed by atoms with Crippen molar-refractivity contribution in [2.45, 2.75) is 25.8 Å². The van der Waals surface area contributed by atoms with Crippen LogP contribution >= 0.6 is 11.6 Å². The number of hydrogen-bond donors (Lipinski definition) is 0. The lowest BCUT2D eigenvalue weighted by molar-refractivity contribution is -0.143. The van der Waals surface area contributed by atoms with Crippen LogP contribution in [0.2, 0.25) is 5.02 Å². The zero-order valence-electron chi connectivity index (χ0n) is 10.7. The van der Waals surface area contributed by atoms with Gasteiger partial charge in [-0.25, -0.2) is 9.59 Å². The van der Waals surface area contributed by atoms with Gasteiger partial charge in [0.2, 0.25) is 0 Å². The summed E-state index contributed by atoms with van der Waals surface area (Å²) in [6.45, 7) is 1.22. The molecule has 1 aromatic heterocycles. The normalized spacial score (nSPS) is 14.3. The highest BCUT2D eigenvalue weighted by molar-refractivity contribution is 6.30. The third-order valence-electron chi connectivity index (χ3n) is 2.99. The molecule has 104 valence electrons. The number of carbonyl (C=O) groups excluding carboxylic acids is 1. The Bertz CT molecular complexity index is 731. The molecule has 0 N–H and O–H groups in total. The fraction of sp³-hybridized carbons (Fsp3) is 0.308. The van der Waals surface area contributed by atoms with Gasteiger partial charge in [0.15, 0.2) is 5.82 Å². The lowest BCUT2D eigenvalue weighted by Crippen LogP contribution is -2.31. The van der Waals surface area contributed by atoms with Gasteiger partial charge in [-0.15, -0.1) is 5.10 Å². The Balaban J connectivity index is 2.14. The summed E-state index contributed by atoms with van der Waals surface area (Å²) in [5.74, 6) is -0.133. The quantitative estimate of drug-likeness (QED) is 0.863. The van der Waals surface area contributed by atoms with Crippen LogP contribution in [0, 0.1) is 0 Å². The van der Waals surface area contributed by atoms with Crippen LogP contribution in [-0.2, 0) is 4.79 Å². The summed E-state index contributed by atoms with van der Waals surface area (Å²) in [5.41, 5.74) is 0.269. The summed E-state index contributed by atoms with van der Waals surface area (Å²) < 4.78 is 1.55. The molecular weight excluding hydrogens is 282 g/mol. The van der Waals surface area contributed by atoms with E-state index >= 15 is 0 Å². The van der Waals surface area contributed by atoms with Gasteiger partial charge in [-0.2, -0.15) is 0 Å². The van der Waals surface area contributed by atoms with Crippen molar-refractivity contribution in [3.05, 3.63) is 39.8 Å². The van der Waals surface area contributed by atoms with E-state index in [9.17, 15) is 9.59 Å². The zero-order chi connectivity index (χ0) is 14.3. The maximum atomic E-state index is 12.2. The number of aromatic nitrogens is 3. The molecule has 2 aromatic rings. The van der Waals surface area contributed by atoms with Crippen molar-refractivity contribution in [3.8, 4) is 11.4 Å². The molecule has 0 unspecified atom stereocenters. The molecule has 0 amide bonds. The summed E-state index contributed by atoms with van der Waals surface area (Å²) in [5, 5.41) is 4.64. The Morgan fingerprint density at radius 2 is 2.20 bits per heavy atom. The monoisotopic (exact) mass is 293 g/mol. The molecule has 1 fully saturated rings. The van der Waals surface area contributed by atoms with Crippen LogP contribution < -0.4 is 10.5 Å². The highest BCUT2D eigenvalue weighted by atomic mass is 35.5. The number of carbonyl (C=O) groups is 1. The minimum Gasteiger partial charge on any atom is -0.314 e. The standard InChI is InChI=1S/C13H12ClN3O3/c1-8(18)20-17-13(19)16(11-5-6-11)12(15-17)9-3-2-4-10(14)7-9/h2-4,7,11H,5-6H2,1H3. The molecule has 1 saturated carbocycles. The molecule has 0 saturated heterocycles. The molecular formula is C13H12ClN3O3. The zero-order valence-corrected chi connectivity index (χ0v) is 11.5. The fourth-order valence-corrected chi connectivity index (χ4v) is 2.22. The predicted octanol–water partition coefficient (Wildman–Crippen LogP) is 1.68. The third-order valence-corrected chi connectivity index (χ3v) is 3.23. The molecule has 0 aliphatic heterocycles. The Labute approximate surface area is 119 Å². The fourth-order valence-electron chi connectivity index (χ4n) is 2.03. The van der Waals surface area contributed by atoms with Gasteiger partial charge in [-0.3, -0.25) is 4.57 Å². The van der Waals surface area contributed by atoms with Crippen molar-refractivity contribution >= 4 is 17.6 Å². The van der Waals surface area contributed by atoms with Crippen molar-refractivity contribution in [2.75, 3.05) is 0 Å². The van der Waals surface area contributed by atoms with E-state index in [0.29, 0.717) is 16.4 Å². The van der Waals surface area contributed by atoms with Gasteiger partial charge in [0.1, 0.15) is 0 Å². The Morgan fingerprint density at radius 1 is 1.45 bits per heavy atom. The molecule has 6 nitrogen and oxygen atoms in total. The van der Waals surface area contributed by atoms with E-state index in [1.54, 1.807) is 22.8 Å². The van der Waals surface area contributed by atoms with Crippen LogP contribution in [0.25, 0.3) is 11.4 Å². The lowest BCUT2D eigenvalue weighted by atomic mass is 10.2. The summed E-state index contributed by atoms with van der Waals surface area (Å²) in [6.07, 6.45) is 1.83. The average molecular weight is 294 g/mol. The average Bonchev–Trinajstić information content (AvgIpc) is 3.16. The molecule has 0 radical (unpaired) electrons. The van der Waals surface area contributed by atoms with Gasteiger partial charge < -0.3 is 4.84 Å². The number of rotatable bonds is 3. The van der Waals surface area contributed by atoms with Crippen LogP contribution in [0.5, 0.6) is 0 Å². The van der Waals surface area contributed by atoms with Crippen LogP contribution in [-0.4, -0.2) is 20.5 Å². The maximum Gasteiger partial charge on any atom is 0.381 e. The first-order valence-corrected chi connectivity index (χ1v) is 6.60. The molecule has 20 heavy (non-hydrogen) atoms. The van der Waals surface area contributed by atoms with E-state index in [-0.39, 0.29) is 6.04 Å². The summed E-state index contributed by atoms with van der Waals surface area (Å²) >= 11 is 5.97. The minimum atomic E-state index is -0.592. The predicted molar refractivity (Wildman–Crippen MR) is 72.5 cm³/mol. The van der Waals surface area contributed by atoms with Crippen molar-refractivity contribution in [1.82, 2.24) is 14.5 Å². The number of hydrogen-bond acceptors (Lipinski definition) is 4. The Kier molecular flexibility index (Phi) is 3.10. The molecule has 1 aromatic carbocycles. The van der Waals surface area contributed by atoms with Gasteiger partial charge in [0.05, 0.1) is 0 Å². The summed E-state index contributed by atoms with van der Waals surface area (Å²) in [7, 11) is 0. The van der Waals surface area contributed by atoms with E-state index in [2.05, 4.69) is 5.10 Å². The summed E-state index contributed by atoms with van der Waals surface area (Å²) in [6, 6.07) is 7.17. The number of halogens is 1. The topological polar surface area (TPSA) is 66.1 Å². The highest BCUT2D eigenvalue weighted by Crippen LogP contribution is 2.36. The number of benzene rings is 1. The van der Waals surface area contributed by atoms with E-state index in [0.717, 1.165) is 17.7 Å². The molecule has 7 heteroatoms. The Hall–Kier alpha value is -2.08. The lowest BCUT2D eigenvalue weighted by Gasteiger charge is -2.03. The SMILES string of the molecule is CC(=O)On1nc(-c2cccc(Cl)c2)n(C2CC2)c1=O. The van der Waals surface area contributed by atoms with Crippen molar-refractivity contribution < 1.29 is 9.63 Å². The first-order valence-electron chi connectivity index (χ1n) is 6.22. The second-order valence-corrected chi connectivity index (χ2v) is 5.11. The van der Waals surface area contributed by atoms with E-state index in [1.807, 2.05) is 6.07 Å². The second kappa shape index (κ2) is 4.79. The van der Waals surface area contributed by atoms with Crippen molar-refractivity contribution in [3.63, 3.8) is 0 Å². The van der Waals surface area contributed by atoms with Gasteiger partial charge >= 0.3 is 11.7 Å². The smallest absolute Gasteiger partial charge is 0.314 e. The van der Waals surface area contributed by atoms with Crippen LogP contribution in [0.15, 0.2) is 29.1 Å². The summed E-state index contributed by atoms with van der Waals surface area (Å²) in [4.78, 5) is 28.8. The van der Waals surface area contributed by atoms with Gasteiger partial charge in [0.25, 0.3) is 0 Å². The van der Waals surface area contributed by atoms with Crippen LogP contribution in [0.1, 0.15) is 25.8 Å². The van der Waals surface area contributed by atoms with Crippen molar-refractivity contribution in [2.24, 2.45) is 0 Å². The Morgan fingerprint density at radius 3 is 2.80 bits per heavy atom. The number of nitrogens with zero attached hydrogens (tertiary/aromatic N) is 3. The molecule has 0 spiro atoms. The maximum absolute atomic E-state index is 12.2. The van der Waals surface area contributed by atoms with Gasteiger partial charge in [-0.1, -0.05) is 23.7 Å². The molecule has 1 heterocycles. The molecule has 0 atom stereocenters. The minimum absolute atomic E-state index is 0.112. The van der Waals surface area contributed by atoms with Crippen molar-refractivity contribution in [1.29, 1.82) is 0 Å². The molecule has 3 rings (SSSR count). The van der Waals surface area contributed by atoms with E-state index in [4.69, 9.17) is 16.4 Å².